The van der Waals surface area contributed by atoms with E-state index in [1.807, 2.05) is 6.07 Å². The second kappa shape index (κ2) is 6.83. The maximum atomic E-state index is 14.0. The lowest BCUT2D eigenvalue weighted by molar-refractivity contribution is 0.168. The lowest BCUT2D eigenvalue weighted by Gasteiger charge is -2.47. The summed E-state index contributed by atoms with van der Waals surface area (Å²) in [5.41, 5.74) is 7.19. The van der Waals surface area contributed by atoms with Gasteiger partial charge in [0.1, 0.15) is 5.82 Å². The van der Waals surface area contributed by atoms with Gasteiger partial charge in [-0.3, -0.25) is 0 Å². The fourth-order valence-electron chi connectivity index (χ4n) is 3.93. The maximum Gasteiger partial charge on any atom is 0.142 e. The van der Waals surface area contributed by atoms with Crippen molar-refractivity contribution in [1.29, 1.82) is 0 Å². The number of hydrogen-bond donors (Lipinski definition) is 3. The van der Waals surface area contributed by atoms with Crippen molar-refractivity contribution in [3.8, 4) is 0 Å². The van der Waals surface area contributed by atoms with E-state index in [0.29, 0.717) is 0 Å². The second-order valence-corrected chi connectivity index (χ2v) is 6.97. The van der Waals surface area contributed by atoms with E-state index < -0.39 is 5.54 Å². The van der Waals surface area contributed by atoms with Gasteiger partial charge < -0.3 is 16.4 Å². The van der Waals surface area contributed by atoms with E-state index in [1.165, 1.54) is 31.7 Å². The summed E-state index contributed by atoms with van der Waals surface area (Å²) in [6.45, 7) is 1.96. The summed E-state index contributed by atoms with van der Waals surface area (Å²) in [4.78, 5) is 0. The summed E-state index contributed by atoms with van der Waals surface area (Å²) in [7, 11) is 0. The molecule has 2 saturated heterocycles. The van der Waals surface area contributed by atoms with E-state index in [0.717, 1.165) is 31.5 Å². The average Bonchev–Trinajstić information content (AvgIpc) is 2.58. The Morgan fingerprint density at radius 1 is 1.05 bits per heavy atom. The van der Waals surface area contributed by atoms with E-state index in [2.05, 4.69) is 10.6 Å². The third kappa shape index (κ3) is 3.02. The molecule has 0 aromatic heterocycles. The van der Waals surface area contributed by atoms with Crippen molar-refractivity contribution < 1.29 is 4.39 Å². The number of benzene rings is 1. The quantitative estimate of drug-likeness (QED) is 0.801. The van der Waals surface area contributed by atoms with Crippen LogP contribution in [0.2, 0.25) is 5.02 Å². The van der Waals surface area contributed by atoms with Gasteiger partial charge in [0, 0.05) is 12.1 Å². The largest absolute Gasteiger partial charge is 0.319 e. The van der Waals surface area contributed by atoms with Crippen molar-refractivity contribution in [2.24, 2.45) is 5.73 Å². The monoisotopic (exact) mass is 325 g/mol. The second-order valence-electron chi connectivity index (χ2n) is 6.57. The highest BCUT2D eigenvalue weighted by atomic mass is 35.5. The Kier molecular flexibility index (Phi) is 5.03. The Bertz CT molecular complexity index is 493. The minimum Gasteiger partial charge on any atom is -0.319 e. The highest BCUT2D eigenvalue weighted by molar-refractivity contribution is 6.30. The molecule has 1 aromatic rings. The van der Waals surface area contributed by atoms with Crippen LogP contribution in [0.15, 0.2) is 18.2 Å². The highest BCUT2D eigenvalue weighted by Gasteiger charge is 2.44. The molecule has 5 heteroatoms. The Morgan fingerprint density at radius 2 is 1.64 bits per heavy atom. The molecular weight excluding hydrogens is 301 g/mol. The summed E-state index contributed by atoms with van der Waals surface area (Å²) in [5, 5.41) is 7.29. The molecule has 0 bridgehead atoms. The molecule has 2 heterocycles. The Morgan fingerprint density at radius 3 is 2.09 bits per heavy atom. The van der Waals surface area contributed by atoms with Crippen molar-refractivity contribution in [3.05, 3.63) is 34.6 Å². The maximum absolute atomic E-state index is 14.0. The van der Waals surface area contributed by atoms with Gasteiger partial charge in [-0.25, -0.2) is 4.39 Å². The summed E-state index contributed by atoms with van der Waals surface area (Å²) >= 11 is 5.86. The van der Waals surface area contributed by atoms with Crippen LogP contribution in [0, 0.1) is 5.82 Å². The summed E-state index contributed by atoms with van der Waals surface area (Å²) in [6, 6.07) is 5.36. The van der Waals surface area contributed by atoms with Gasteiger partial charge in [-0.1, -0.05) is 30.5 Å². The van der Waals surface area contributed by atoms with Crippen molar-refractivity contribution in [1.82, 2.24) is 10.6 Å². The third-order valence-corrected chi connectivity index (χ3v) is 5.50. The Balaban J connectivity index is 1.98. The number of halogens is 2. The first-order valence-electron chi connectivity index (χ1n) is 8.33. The zero-order valence-corrected chi connectivity index (χ0v) is 13.6. The molecule has 3 rings (SSSR count). The van der Waals surface area contributed by atoms with Crippen LogP contribution in [0.3, 0.4) is 0 Å². The van der Waals surface area contributed by atoms with Crippen LogP contribution in [0.25, 0.3) is 0 Å². The summed E-state index contributed by atoms with van der Waals surface area (Å²) in [6.07, 6.45) is 6.75. The van der Waals surface area contributed by atoms with E-state index in [4.69, 9.17) is 17.3 Å². The normalized spacial score (nSPS) is 26.9. The molecule has 3 nitrogen and oxygen atoms in total. The molecule has 2 fully saturated rings. The average molecular weight is 326 g/mol. The zero-order valence-electron chi connectivity index (χ0n) is 12.9. The predicted molar refractivity (Wildman–Crippen MR) is 88.6 cm³/mol. The molecule has 1 aromatic carbocycles. The van der Waals surface area contributed by atoms with Crippen LogP contribution in [0.4, 0.5) is 4.39 Å². The van der Waals surface area contributed by atoms with Gasteiger partial charge >= 0.3 is 0 Å². The SMILES string of the molecule is NC(c1ccc(Cl)c(F)c1)([C@H]1CCCCN1)[C@H]1CCCCN1. The van der Waals surface area contributed by atoms with Crippen LogP contribution < -0.4 is 16.4 Å². The number of rotatable bonds is 3. The molecule has 122 valence electrons. The van der Waals surface area contributed by atoms with Gasteiger partial charge in [0.25, 0.3) is 0 Å². The van der Waals surface area contributed by atoms with Crippen molar-refractivity contribution in [2.45, 2.75) is 56.1 Å². The first-order chi connectivity index (χ1) is 10.6. The fraction of sp³-hybridized carbons (Fsp3) is 0.647. The first-order valence-corrected chi connectivity index (χ1v) is 8.71. The molecule has 22 heavy (non-hydrogen) atoms. The molecule has 0 unspecified atom stereocenters. The van der Waals surface area contributed by atoms with Gasteiger partial charge in [-0.2, -0.15) is 0 Å². The molecular formula is C17H25ClFN3. The molecule has 0 amide bonds. The van der Waals surface area contributed by atoms with Gasteiger partial charge in [0.2, 0.25) is 0 Å². The van der Waals surface area contributed by atoms with Gasteiger partial charge in [-0.15, -0.1) is 0 Å². The first kappa shape index (κ1) is 16.2. The molecule has 0 spiro atoms. The van der Waals surface area contributed by atoms with Crippen molar-refractivity contribution in [3.63, 3.8) is 0 Å². The number of nitrogens with two attached hydrogens (primary N) is 1. The van der Waals surface area contributed by atoms with E-state index in [9.17, 15) is 4.39 Å². The highest BCUT2D eigenvalue weighted by Crippen LogP contribution is 2.35. The Labute approximate surface area is 136 Å². The standard InChI is InChI=1S/C17H25ClFN3/c18-13-8-7-12(11-14(13)19)17(20,15-5-1-3-9-21-15)16-6-2-4-10-22-16/h7-8,11,15-16,21-22H,1-6,9-10,20H2/t15-,16-/m1/s1. The molecule has 0 radical (unpaired) electrons. The zero-order chi connectivity index (χ0) is 15.6. The van der Waals surface area contributed by atoms with Crippen LogP contribution in [0.5, 0.6) is 0 Å². The number of piperidine rings is 2. The number of nitrogens with one attached hydrogen (secondary N) is 2. The smallest absolute Gasteiger partial charge is 0.142 e. The molecule has 4 N–H and O–H groups in total. The third-order valence-electron chi connectivity index (χ3n) is 5.19. The van der Waals surface area contributed by atoms with Crippen LogP contribution in [0.1, 0.15) is 44.1 Å². The van der Waals surface area contributed by atoms with Crippen molar-refractivity contribution >= 4 is 11.6 Å². The molecule has 0 aliphatic carbocycles. The van der Waals surface area contributed by atoms with Gasteiger partial charge in [0.15, 0.2) is 0 Å². The fourth-order valence-corrected chi connectivity index (χ4v) is 4.05. The van der Waals surface area contributed by atoms with E-state index >= 15 is 0 Å². The van der Waals surface area contributed by atoms with Crippen molar-refractivity contribution in [2.75, 3.05) is 13.1 Å². The van der Waals surface area contributed by atoms with E-state index in [1.54, 1.807) is 6.07 Å². The van der Waals surface area contributed by atoms with Crippen LogP contribution in [-0.2, 0) is 5.54 Å². The molecule has 2 aliphatic rings. The summed E-state index contributed by atoms with van der Waals surface area (Å²) in [5.74, 6) is -0.388. The minimum absolute atomic E-state index is 0.152. The molecule has 0 saturated carbocycles. The van der Waals surface area contributed by atoms with Crippen LogP contribution in [-0.4, -0.2) is 25.2 Å². The predicted octanol–water partition coefficient (Wildman–Crippen LogP) is 2.92. The lowest BCUT2D eigenvalue weighted by Crippen LogP contribution is -2.66. The van der Waals surface area contributed by atoms with Gasteiger partial charge in [0.05, 0.1) is 10.6 Å². The van der Waals surface area contributed by atoms with Crippen LogP contribution >= 0.6 is 11.6 Å². The van der Waals surface area contributed by atoms with E-state index in [-0.39, 0.29) is 22.9 Å². The lowest BCUT2D eigenvalue weighted by atomic mass is 9.72. The minimum atomic E-state index is -0.605. The van der Waals surface area contributed by atoms with Gasteiger partial charge in [-0.05, 0) is 56.5 Å². The molecule has 2 atom stereocenters. The Hall–Kier alpha value is -0.680. The molecule has 2 aliphatic heterocycles. The summed E-state index contributed by atoms with van der Waals surface area (Å²) < 4.78 is 14.0. The number of hydrogen-bond acceptors (Lipinski definition) is 3. The topological polar surface area (TPSA) is 50.1 Å².